The number of amides is 1. The quantitative estimate of drug-likeness (QED) is 0.790. The second-order valence-corrected chi connectivity index (χ2v) is 4.18. The van der Waals surface area contributed by atoms with Gasteiger partial charge < -0.3 is 5.32 Å². The lowest BCUT2D eigenvalue weighted by atomic mass is 10.3. The number of para-hydroxylation sites is 1. The van der Waals surface area contributed by atoms with Crippen molar-refractivity contribution in [1.29, 1.82) is 0 Å². The number of nitrogens with zero attached hydrogens (tertiary/aromatic N) is 3. The van der Waals surface area contributed by atoms with E-state index in [1.165, 1.54) is 0 Å². The fraction of sp³-hybridized carbons (Fsp3) is 0. The van der Waals surface area contributed by atoms with Crippen molar-refractivity contribution in [3.63, 3.8) is 0 Å². The first-order valence-corrected chi connectivity index (χ1v) is 6.14. The summed E-state index contributed by atoms with van der Waals surface area (Å²) >= 11 is 0. The molecule has 3 rings (SSSR count). The number of carbonyl (C=O) groups is 1. The lowest BCUT2D eigenvalue weighted by molar-refractivity contribution is 0.102. The van der Waals surface area contributed by atoms with E-state index in [4.69, 9.17) is 0 Å². The van der Waals surface area contributed by atoms with Crippen LogP contribution in [0.15, 0.2) is 67.4 Å². The number of anilines is 1. The maximum Gasteiger partial charge on any atom is 0.274 e. The van der Waals surface area contributed by atoms with Gasteiger partial charge >= 0.3 is 0 Å². The van der Waals surface area contributed by atoms with Crippen LogP contribution in [-0.2, 0) is 0 Å². The van der Waals surface area contributed by atoms with E-state index in [9.17, 15) is 4.79 Å². The highest BCUT2D eigenvalue weighted by Gasteiger charge is 2.13. The Hall–Kier alpha value is -2.95. The molecule has 0 saturated carbocycles. The molecule has 5 heteroatoms. The van der Waals surface area contributed by atoms with E-state index in [0.29, 0.717) is 11.4 Å². The summed E-state index contributed by atoms with van der Waals surface area (Å²) in [5.41, 5.74) is 2.01. The largest absolute Gasteiger partial charge is 0.319 e. The molecule has 5 nitrogen and oxygen atoms in total. The average Bonchev–Trinajstić information content (AvgIpc) is 2.99. The van der Waals surface area contributed by atoms with Crippen LogP contribution in [0, 0.1) is 0 Å². The lowest BCUT2D eigenvalue weighted by Crippen LogP contribution is -2.16. The Morgan fingerprint density at radius 3 is 2.60 bits per heavy atom. The van der Waals surface area contributed by atoms with Gasteiger partial charge in [0.15, 0.2) is 0 Å². The van der Waals surface area contributed by atoms with Gasteiger partial charge in [-0.2, -0.15) is 0 Å². The normalized spacial score (nSPS) is 10.2. The highest BCUT2D eigenvalue weighted by Crippen LogP contribution is 2.12. The van der Waals surface area contributed by atoms with Crippen LogP contribution in [0.5, 0.6) is 0 Å². The Kier molecular flexibility index (Phi) is 3.24. The molecule has 0 radical (unpaired) electrons. The molecule has 0 atom stereocenters. The molecule has 1 amide bonds. The second-order valence-electron chi connectivity index (χ2n) is 4.18. The molecule has 0 aliphatic rings. The van der Waals surface area contributed by atoms with E-state index < -0.39 is 0 Å². The third-order valence-electron chi connectivity index (χ3n) is 2.82. The van der Waals surface area contributed by atoms with E-state index >= 15 is 0 Å². The van der Waals surface area contributed by atoms with Crippen molar-refractivity contribution >= 4 is 11.6 Å². The third kappa shape index (κ3) is 2.42. The van der Waals surface area contributed by atoms with Crippen LogP contribution < -0.4 is 5.32 Å². The zero-order chi connectivity index (χ0) is 13.8. The van der Waals surface area contributed by atoms with Gasteiger partial charge in [0.2, 0.25) is 0 Å². The predicted molar refractivity (Wildman–Crippen MR) is 75.8 cm³/mol. The zero-order valence-electron chi connectivity index (χ0n) is 10.6. The summed E-state index contributed by atoms with van der Waals surface area (Å²) in [7, 11) is 0. The van der Waals surface area contributed by atoms with Crippen LogP contribution in [-0.4, -0.2) is 20.4 Å². The van der Waals surface area contributed by atoms with Gasteiger partial charge in [-0.3, -0.25) is 14.3 Å². The number of rotatable bonds is 3. The standard InChI is InChI=1S/C15H12N4O/c20-15(18-12-5-4-8-16-9-12)14-10-17-11-19(14)13-6-2-1-3-7-13/h1-11H,(H,18,20). The Morgan fingerprint density at radius 1 is 1.00 bits per heavy atom. The van der Waals surface area contributed by atoms with Gasteiger partial charge in [-0.05, 0) is 24.3 Å². The summed E-state index contributed by atoms with van der Waals surface area (Å²) in [5.74, 6) is -0.223. The number of hydrogen-bond donors (Lipinski definition) is 1. The molecule has 0 saturated heterocycles. The summed E-state index contributed by atoms with van der Waals surface area (Å²) in [6.45, 7) is 0. The van der Waals surface area contributed by atoms with Gasteiger partial charge in [0.05, 0.1) is 24.4 Å². The molecule has 0 spiro atoms. The molecule has 0 aliphatic carbocycles. The molecule has 1 N–H and O–H groups in total. The second kappa shape index (κ2) is 5.36. The number of aromatic nitrogens is 3. The molecule has 0 unspecified atom stereocenters. The maximum atomic E-state index is 12.3. The van der Waals surface area contributed by atoms with Crippen LogP contribution in [0.1, 0.15) is 10.5 Å². The molecule has 20 heavy (non-hydrogen) atoms. The van der Waals surface area contributed by atoms with Crippen molar-refractivity contribution in [2.45, 2.75) is 0 Å². The Balaban J connectivity index is 1.88. The highest BCUT2D eigenvalue weighted by atomic mass is 16.2. The van der Waals surface area contributed by atoms with Crippen LogP contribution in [0.3, 0.4) is 0 Å². The summed E-state index contributed by atoms with van der Waals surface area (Å²) in [6.07, 6.45) is 6.41. The minimum absolute atomic E-state index is 0.223. The van der Waals surface area contributed by atoms with Crippen LogP contribution in [0.25, 0.3) is 5.69 Å². The molecule has 0 bridgehead atoms. The first kappa shape index (κ1) is 12.1. The third-order valence-corrected chi connectivity index (χ3v) is 2.82. The Bertz CT molecular complexity index is 707. The topological polar surface area (TPSA) is 59.8 Å². The Labute approximate surface area is 115 Å². The molecule has 0 fully saturated rings. The molecular weight excluding hydrogens is 252 g/mol. The fourth-order valence-corrected chi connectivity index (χ4v) is 1.89. The van der Waals surface area contributed by atoms with Crippen molar-refractivity contribution < 1.29 is 4.79 Å². The molecule has 2 aromatic heterocycles. The van der Waals surface area contributed by atoms with Gasteiger partial charge in [0.1, 0.15) is 5.69 Å². The van der Waals surface area contributed by atoms with Crippen molar-refractivity contribution in [2.24, 2.45) is 0 Å². The monoisotopic (exact) mass is 264 g/mol. The number of benzene rings is 1. The SMILES string of the molecule is O=C(Nc1cccnc1)c1cncn1-c1ccccc1. The summed E-state index contributed by atoms with van der Waals surface area (Å²) < 4.78 is 1.74. The number of nitrogens with one attached hydrogen (secondary N) is 1. The highest BCUT2D eigenvalue weighted by molar-refractivity contribution is 6.03. The van der Waals surface area contributed by atoms with Gasteiger partial charge in [-0.1, -0.05) is 18.2 Å². The molecule has 0 aliphatic heterocycles. The molecule has 2 heterocycles. The molecule has 1 aromatic carbocycles. The lowest BCUT2D eigenvalue weighted by Gasteiger charge is -2.08. The minimum atomic E-state index is -0.223. The number of carbonyl (C=O) groups excluding carboxylic acids is 1. The van der Waals surface area contributed by atoms with Gasteiger partial charge in [0.25, 0.3) is 5.91 Å². The Morgan fingerprint density at radius 2 is 1.85 bits per heavy atom. The van der Waals surface area contributed by atoms with Crippen molar-refractivity contribution in [1.82, 2.24) is 14.5 Å². The minimum Gasteiger partial charge on any atom is -0.319 e. The van der Waals surface area contributed by atoms with Crippen LogP contribution in [0.4, 0.5) is 5.69 Å². The van der Waals surface area contributed by atoms with Gasteiger partial charge in [-0.25, -0.2) is 4.98 Å². The summed E-state index contributed by atoms with van der Waals surface area (Å²) in [5, 5.41) is 2.79. The summed E-state index contributed by atoms with van der Waals surface area (Å²) in [4.78, 5) is 20.3. The molecule has 98 valence electrons. The van der Waals surface area contributed by atoms with Gasteiger partial charge in [-0.15, -0.1) is 0 Å². The van der Waals surface area contributed by atoms with Crippen LogP contribution >= 0.6 is 0 Å². The van der Waals surface area contributed by atoms with E-state index in [0.717, 1.165) is 5.69 Å². The number of imidazole rings is 1. The van der Waals surface area contributed by atoms with Crippen molar-refractivity contribution in [3.05, 3.63) is 73.1 Å². The summed E-state index contributed by atoms with van der Waals surface area (Å²) in [6, 6.07) is 13.1. The van der Waals surface area contributed by atoms with E-state index in [1.807, 2.05) is 30.3 Å². The van der Waals surface area contributed by atoms with Crippen LogP contribution in [0.2, 0.25) is 0 Å². The average molecular weight is 264 g/mol. The first-order chi connectivity index (χ1) is 9.84. The van der Waals surface area contributed by atoms with E-state index in [1.54, 1.807) is 41.6 Å². The van der Waals surface area contributed by atoms with E-state index in [-0.39, 0.29) is 5.91 Å². The maximum absolute atomic E-state index is 12.3. The van der Waals surface area contributed by atoms with Crippen molar-refractivity contribution in [2.75, 3.05) is 5.32 Å². The molecule has 3 aromatic rings. The smallest absolute Gasteiger partial charge is 0.274 e. The number of hydrogen-bond acceptors (Lipinski definition) is 3. The fourth-order valence-electron chi connectivity index (χ4n) is 1.89. The predicted octanol–water partition coefficient (Wildman–Crippen LogP) is 2.52. The van der Waals surface area contributed by atoms with Crippen molar-refractivity contribution in [3.8, 4) is 5.69 Å². The number of pyridine rings is 1. The van der Waals surface area contributed by atoms with Gasteiger partial charge in [0, 0.05) is 11.9 Å². The zero-order valence-corrected chi connectivity index (χ0v) is 10.6. The molecular formula is C15H12N4O. The van der Waals surface area contributed by atoms with E-state index in [2.05, 4.69) is 15.3 Å². The first-order valence-electron chi connectivity index (χ1n) is 6.14.